The Kier molecular flexibility index (Phi) is 4.00. The van der Waals surface area contributed by atoms with Gasteiger partial charge in [0.2, 0.25) is 0 Å². The number of nitriles is 1. The summed E-state index contributed by atoms with van der Waals surface area (Å²) in [6.45, 7) is 4.10. The van der Waals surface area contributed by atoms with Crippen LogP contribution in [0, 0.1) is 18.3 Å². The van der Waals surface area contributed by atoms with Gasteiger partial charge >= 0.3 is 0 Å². The minimum Gasteiger partial charge on any atom is -0.380 e. The molecule has 0 radical (unpaired) electrons. The van der Waals surface area contributed by atoms with Gasteiger partial charge in [-0.2, -0.15) is 5.26 Å². The van der Waals surface area contributed by atoms with Crippen molar-refractivity contribution in [3.63, 3.8) is 0 Å². The number of rotatable bonds is 2. The van der Waals surface area contributed by atoms with Crippen molar-refractivity contribution in [2.24, 2.45) is 0 Å². The van der Waals surface area contributed by atoms with E-state index >= 15 is 0 Å². The zero-order valence-corrected chi connectivity index (χ0v) is 10.3. The van der Waals surface area contributed by atoms with Gasteiger partial charge in [-0.3, -0.25) is 0 Å². The number of hydrogen-bond donors (Lipinski definition) is 2. The first-order chi connectivity index (χ1) is 8.29. The van der Waals surface area contributed by atoms with Gasteiger partial charge in [0.05, 0.1) is 11.3 Å². The normalized spacial score (nSPS) is 20.4. The number of benzene rings is 1. The Balaban J connectivity index is 2.09. The van der Waals surface area contributed by atoms with Gasteiger partial charge < -0.3 is 10.6 Å². The zero-order valence-electron chi connectivity index (χ0n) is 10.3. The van der Waals surface area contributed by atoms with E-state index in [-0.39, 0.29) is 0 Å². The van der Waals surface area contributed by atoms with Crippen molar-refractivity contribution in [1.29, 1.82) is 5.26 Å². The Bertz CT molecular complexity index is 412. The van der Waals surface area contributed by atoms with Crippen LogP contribution in [-0.2, 0) is 0 Å². The van der Waals surface area contributed by atoms with Crippen LogP contribution in [0.15, 0.2) is 18.2 Å². The van der Waals surface area contributed by atoms with Gasteiger partial charge in [-0.05, 0) is 44.0 Å². The van der Waals surface area contributed by atoms with Crippen LogP contribution in [0.5, 0.6) is 0 Å². The second-order valence-corrected chi connectivity index (χ2v) is 4.70. The highest BCUT2D eigenvalue weighted by Crippen LogP contribution is 2.19. The predicted molar refractivity (Wildman–Crippen MR) is 70.0 cm³/mol. The summed E-state index contributed by atoms with van der Waals surface area (Å²) in [6.07, 6.45) is 3.67. The number of aryl methyl sites for hydroxylation is 1. The molecule has 1 aromatic carbocycles. The Labute approximate surface area is 103 Å². The molecule has 1 saturated heterocycles. The molecule has 0 saturated carbocycles. The van der Waals surface area contributed by atoms with Crippen LogP contribution in [0.4, 0.5) is 5.69 Å². The van der Waals surface area contributed by atoms with Gasteiger partial charge in [0.25, 0.3) is 0 Å². The topological polar surface area (TPSA) is 47.8 Å². The first-order valence-corrected chi connectivity index (χ1v) is 6.27. The van der Waals surface area contributed by atoms with E-state index in [4.69, 9.17) is 5.26 Å². The van der Waals surface area contributed by atoms with Gasteiger partial charge in [0, 0.05) is 12.6 Å². The lowest BCUT2D eigenvalue weighted by Crippen LogP contribution is -2.31. The Morgan fingerprint density at radius 3 is 3.12 bits per heavy atom. The molecule has 2 rings (SSSR count). The largest absolute Gasteiger partial charge is 0.380 e. The second kappa shape index (κ2) is 5.70. The molecule has 0 aliphatic carbocycles. The standard InChI is InChI=1S/C14H19N3/c1-11-5-6-14(12(8-11)9-15)17-13-4-2-3-7-16-10-13/h5-6,8,13,16-17H,2-4,7,10H2,1H3. The Hall–Kier alpha value is -1.53. The number of anilines is 1. The number of nitrogens with zero attached hydrogens (tertiary/aromatic N) is 1. The van der Waals surface area contributed by atoms with Gasteiger partial charge in [-0.25, -0.2) is 0 Å². The fourth-order valence-corrected chi connectivity index (χ4v) is 2.24. The van der Waals surface area contributed by atoms with Gasteiger partial charge in [-0.15, -0.1) is 0 Å². The Morgan fingerprint density at radius 1 is 1.41 bits per heavy atom. The molecule has 0 spiro atoms. The molecule has 0 aromatic heterocycles. The van der Waals surface area contributed by atoms with Gasteiger partial charge in [0.1, 0.15) is 6.07 Å². The van der Waals surface area contributed by atoms with E-state index in [1.807, 2.05) is 25.1 Å². The van der Waals surface area contributed by atoms with Crippen LogP contribution in [0.25, 0.3) is 0 Å². The third kappa shape index (κ3) is 3.21. The molecule has 90 valence electrons. The molecule has 2 N–H and O–H groups in total. The fourth-order valence-electron chi connectivity index (χ4n) is 2.24. The van der Waals surface area contributed by atoms with E-state index in [1.54, 1.807) is 0 Å². The lowest BCUT2D eigenvalue weighted by atomic mass is 10.1. The maximum absolute atomic E-state index is 9.12. The van der Waals surface area contributed by atoms with Gasteiger partial charge in [0.15, 0.2) is 0 Å². The molecule has 1 atom stereocenters. The smallest absolute Gasteiger partial charge is 0.101 e. The first-order valence-electron chi connectivity index (χ1n) is 6.27. The molecule has 1 unspecified atom stereocenters. The highest BCUT2D eigenvalue weighted by atomic mass is 15.0. The van der Waals surface area contributed by atoms with Crippen LogP contribution in [0.2, 0.25) is 0 Å². The molecule has 1 aromatic rings. The zero-order chi connectivity index (χ0) is 12.1. The maximum atomic E-state index is 9.12. The van der Waals surface area contributed by atoms with Crippen LogP contribution in [-0.4, -0.2) is 19.1 Å². The molecule has 1 aliphatic rings. The molecule has 3 heteroatoms. The van der Waals surface area contributed by atoms with Crippen LogP contribution in [0.1, 0.15) is 30.4 Å². The molecule has 0 amide bonds. The highest BCUT2D eigenvalue weighted by Gasteiger charge is 2.13. The quantitative estimate of drug-likeness (QED) is 0.818. The van der Waals surface area contributed by atoms with Crippen LogP contribution < -0.4 is 10.6 Å². The average molecular weight is 229 g/mol. The third-order valence-electron chi connectivity index (χ3n) is 3.20. The van der Waals surface area contributed by atoms with E-state index in [1.165, 1.54) is 19.3 Å². The second-order valence-electron chi connectivity index (χ2n) is 4.70. The van der Waals surface area contributed by atoms with E-state index in [0.717, 1.165) is 29.9 Å². The van der Waals surface area contributed by atoms with Crippen molar-refractivity contribution in [3.05, 3.63) is 29.3 Å². The molecule has 1 heterocycles. The lowest BCUT2D eigenvalue weighted by molar-refractivity contribution is 0.636. The van der Waals surface area contributed by atoms with E-state index in [9.17, 15) is 0 Å². The van der Waals surface area contributed by atoms with E-state index < -0.39 is 0 Å². The number of nitrogens with one attached hydrogen (secondary N) is 2. The molecular formula is C14H19N3. The van der Waals surface area contributed by atoms with Crippen molar-refractivity contribution in [3.8, 4) is 6.07 Å². The molecule has 0 bridgehead atoms. The summed E-state index contributed by atoms with van der Waals surface area (Å²) in [7, 11) is 0. The van der Waals surface area contributed by atoms with Crippen LogP contribution >= 0.6 is 0 Å². The molecule has 1 fully saturated rings. The molecule has 3 nitrogen and oxygen atoms in total. The monoisotopic (exact) mass is 229 g/mol. The number of hydrogen-bond acceptors (Lipinski definition) is 3. The minimum atomic E-state index is 0.437. The average Bonchev–Trinajstić information content (AvgIpc) is 2.60. The fraction of sp³-hybridized carbons (Fsp3) is 0.500. The molecule has 17 heavy (non-hydrogen) atoms. The SMILES string of the molecule is Cc1ccc(NC2CCCCNC2)c(C#N)c1. The third-order valence-corrected chi connectivity index (χ3v) is 3.20. The predicted octanol–water partition coefficient (Wildman–Crippen LogP) is 2.42. The summed E-state index contributed by atoms with van der Waals surface area (Å²) in [5.41, 5.74) is 2.84. The van der Waals surface area contributed by atoms with Crippen LogP contribution in [0.3, 0.4) is 0 Å². The molecular weight excluding hydrogens is 210 g/mol. The van der Waals surface area contributed by atoms with Crippen molar-refractivity contribution in [2.75, 3.05) is 18.4 Å². The van der Waals surface area contributed by atoms with Crippen molar-refractivity contribution in [2.45, 2.75) is 32.2 Å². The van der Waals surface area contributed by atoms with Gasteiger partial charge in [-0.1, -0.05) is 12.5 Å². The first kappa shape index (κ1) is 11.9. The Morgan fingerprint density at radius 2 is 2.29 bits per heavy atom. The molecule has 1 aliphatic heterocycles. The summed E-state index contributed by atoms with van der Waals surface area (Å²) in [6, 6.07) is 8.69. The van der Waals surface area contributed by atoms with Crippen molar-refractivity contribution >= 4 is 5.69 Å². The summed E-state index contributed by atoms with van der Waals surface area (Å²) < 4.78 is 0. The van der Waals surface area contributed by atoms with Crippen molar-refractivity contribution < 1.29 is 0 Å². The summed E-state index contributed by atoms with van der Waals surface area (Å²) in [4.78, 5) is 0. The lowest BCUT2D eigenvalue weighted by Gasteiger charge is -2.18. The maximum Gasteiger partial charge on any atom is 0.101 e. The summed E-state index contributed by atoms with van der Waals surface area (Å²) in [5, 5.41) is 16.0. The minimum absolute atomic E-state index is 0.437. The van der Waals surface area contributed by atoms with Crippen molar-refractivity contribution in [1.82, 2.24) is 5.32 Å². The summed E-state index contributed by atoms with van der Waals surface area (Å²) >= 11 is 0. The van der Waals surface area contributed by atoms with E-state index in [2.05, 4.69) is 16.7 Å². The summed E-state index contributed by atoms with van der Waals surface area (Å²) in [5.74, 6) is 0. The van der Waals surface area contributed by atoms with E-state index in [0.29, 0.717) is 6.04 Å². The highest BCUT2D eigenvalue weighted by molar-refractivity contribution is 5.59.